The number of carboxylic acid groups (broad SMARTS) is 1. The van der Waals surface area contributed by atoms with Crippen LogP contribution in [0.4, 0.5) is 0 Å². The minimum atomic E-state index is -3.52. The van der Waals surface area contributed by atoms with Gasteiger partial charge in [0.2, 0.25) is 0 Å². The predicted molar refractivity (Wildman–Crippen MR) is 79.7 cm³/mol. The molecule has 0 saturated heterocycles. The first-order valence-corrected chi connectivity index (χ1v) is 8.14. The second-order valence-electron chi connectivity index (χ2n) is 5.08. The van der Waals surface area contributed by atoms with Gasteiger partial charge in [-0.1, -0.05) is 24.3 Å². The average Bonchev–Trinajstić information content (AvgIpc) is 3.19. The zero-order valence-electron chi connectivity index (χ0n) is 11.6. The third kappa shape index (κ3) is 5.30. The van der Waals surface area contributed by atoms with Crippen LogP contribution in [0.25, 0.3) is 6.08 Å². The highest BCUT2D eigenvalue weighted by atomic mass is 32.2. The molecule has 0 radical (unpaired) electrons. The summed E-state index contributed by atoms with van der Waals surface area (Å²) in [6.45, 7) is 1.74. The fraction of sp³-hybridized carbons (Fsp3) is 0.357. The molecule has 0 aliphatic heterocycles. The Hall–Kier alpha value is -1.70. The quantitative estimate of drug-likeness (QED) is 0.664. The van der Waals surface area contributed by atoms with E-state index in [1.807, 2.05) is 0 Å². The first-order chi connectivity index (χ1) is 9.85. The molecule has 21 heavy (non-hydrogen) atoms. The summed E-state index contributed by atoms with van der Waals surface area (Å²) < 4.78 is 28.8. The summed E-state index contributed by atoms with van der Waals surface area (Å²) in [6.07, 6.45) is 4.27. The van der Waals surface area contributed by atoms with E-state index in [4.69, 9.17) is 5.11 Å². The number of hydrogen-bond acceptors (Lipinski definition) is 3. The Morgan fingerprint density at radius 2 is 2.14 bits per heavy atom. The van der Waals surface area contributed by atoms with E-state index in [1.54, 1.807) is 31.2 Å². The van der Waals surface area contributed by atoms with E-state index in [-0.39, 0.29) is 6.04 Å². The van der Waals surface area contributed by atoms with E-state index >= 15 is 0 Å². The Bertz CT molecular complexity index is 651. The molecule has 1 aliphatic carbocycles. The second kappa shape index (κ2) is 6.38. The number of rotatable bonds is 7. The van der Waals surface area contributed by atoms with Gasteiger partial charge in [-0.05, 0) is 37.0 Å². The molecule has 1 aliphatic rings. The van der Waals surface area contributed by atoms with Crippen LogP contribution in [0.1, 0.15) is 36.9 Å². The highest BCUT2D eigenvalue weighted by molar-refractivity contribution is 7.87. The van der Waals surface area contributed by atoms with Crippen LogP contribution in [0.3, 0.4) is 0 Å². The van der Waals surface area contributed by atoms with Gasteiger partial charge in [-0.15, -0.1) is 0 Å². The SMILES string of the molecule is CC(NS(=O)(=O)NC1CC1)c1cccc(/C=C/C(=O)O)c1. The van der Waals surface area contributed by atoms with Crippen molar-refractivity contribution in [3.05, 3.63) is 41.5 Å². The lowest BCUT2D eigenvalue weighted by atomic mass is 10.1. The van der Waals surface area contributed by atoms with Gasteiger partial charge in [0.05, 0.1) is 0 Å². The van der Waals surface area contributed by atoms with Crippen LogP contribution in [0, 0.1) is 0 Å². The molecule has 0 heterocycles. The lowest BCUT2D eigenvalue weighted by Gasteiger charge is -2.15. The smallest absolute Gasteiger partial charge is 0.328 e. The van der Waals surface area contributed by atoms with Gasteiger partial charge in [0.1, 0.15) is 0 Å². The fourth-order valence-corrected chi connectivity index (χ4v) is 3.20. The van der Waals surface area contributed by atoms with Crippen molar-refractivity contribution in [2.24, 2.45) is 0 Å². The number of carbonyl (C=O) groups is 1. The second-order valence-corrected chi connectivity index (χ2v) is 6.56. The number of benzene rings is 1. The Morgan fingerprint density at radius 1 is 1.43 bits per heavy atom. The summed E-state index contributed by atoms with van der Waals surface area (Å²) in [6, 6.07) is 6.72. The molecule has 6 nitrogen and oxygen atoms in total. The molecule has 1 aromatic rings. The molecule has 0 bridgehead atoms. The summed E-state index contributed by atoms with van der Waals surface area (Å²) in [5.74, 6) is -1.03. The predicted octanol–water partition coefficient (Wildman–Crippen LogP) is 1.43. The van der Waals surface area contributed by atoms with Crippen molar-refractivity contribution in [2.75, 3.05) is 0 Å². The van der Waals surface area contributed by atoms with Crippen LogP contribution in [0.5, 0.6) is 0 Å². The molecular weight excluding hydrogens is 292 g/mol. The standard InChI is InChI=1S/C14H18N2O4S/c1-10(15-21(19,20)16-13-6-7-13)12-4-2-3-11(9-12)5-8-14(17)18/h2-5,8-10,13,15-16H,6-7H2,1H3,(H,17,18)/b8-5+. The summed E-state index contributed by atoms with van der Waals surface area (Å²) in [5, 5.41) is 8.61. The van der Waals surface area contributed by atoms with Gasteiger partial charge in [-0.2, -0.15) is 17.9 Å². The van der Waals surface area contributed by atoms with Crippen molar-refractivity contribution in [1.29, 1.82) is 0 Å². The monoisotopic (exact) mass is 310 g/mol. The van der Waals surface area contributed by atoms with Gasteiger partial charge >= 0.3 is 5.97 Å². The molecule has 1 saturated carbocycles. The third-order valence-electron chi connectivity index (χ3n) is 3.06. The largest absolute Gasteiger partial charge is 0.478 e. The maximum absolute atomic E-state index is 11.9. The highest BCUT2D eigenvalue weighted by Gasteiger charge is 2.27. The van der Waals surface area contributed by atoms with E-state index in [0.29, 0.717) is 5.56 Å². The van der Waals surface area contributed by atoms with Crippen molar-refractivity contribution < 1.29 is 18.3 Å². The molecule has 1 unspecified atom stereocenters. The van der Waals surface area contributed by atoms with E-state index < -0.39 is 22.2 Å². The summed E-state index contributed by atoms with van der Waals surface area (Å²) in [7, 11) is -3.52. The molecule has 3 N–H and O–H groups in total. The summed E-state index contributed by atoms with van der Waals surface area (Å²) >= 11 is 0. The van der Waals surface area contributed by atoms with Crippen molar-refractivity contribution in [3.8, 4) is 0 Å². The van der Waals surface area contributed by atoms with Gasteiger partial charge in [-0.25, -0.2) is 4.79 Å². The molecular formula is C14H18N2O4S. The van der Waals surface area contributed by atoms with E-state index in [2.05, 4.69) is 9.44 Å². The molecule has 1 aromatic carbocycles. The minimum absolute atomic E-state index is 0.0551. The first-order valence-electron chi connectivity index (χ1n) is 6.66. The Kier molecular flexibility index (Phi) is 4.76. The molecule has 1 fully saturated rings. The topological polar surface area (TPSA) is 95.5 Å². The van der Waals surface area contributed by atoms with Crippen LogP contribution in [-0.2, 0) is 15.0 Å². The summed E-state index contributed by atoms with van der Waals surface area (Å²) in [5.41, 5.74) is 1.47. The van der Waals surface area contributed by atoms with Crippen molar-refractivity contribution in [1.82, 2.24) is 9.44 Å². The van der Waals surface area contributed by atoms with Gasteiger partial charge in [-0.3, -0.25) is 0 Å². The molecule has 0 amide bonds. The van der Waals surface area contributed by atoms with E-state index in [0.717, 1.165) is 24.5 Å². The normalized spacial score (nSPS) is 17.0. The number of nitrogens with one attached hydrogen (secondary N) is 2. The average molecular weight is 310 g/mol. The Balaban J connectivity index is 2.06. The van der Waals surface area contributed by atoms with Crippen LogP contribution < -0.4 is 9.44 Å². The van der Waals surface area contributed by atoms with Crippen LogP contribution in [-0.4, -0.2) is 25.5 Å². The molecule has 2 rings (SSSR count). The lowest BCUT2D eigenvalue weighted by molar-refractivity contribution is -0.131. The third-order valence-corrected chi connectivity index (χ3v) is 4.37. The molecule has 0 aromatic heterocycles. The Labute approximate surface area is 124 Å². The zero-order valence-corrected chi connectivity index (χ0v) is 12.4. The lowest BCUT2D eigenvalue weighted by Crippen LogP contribution is -2.39. The molecule has 0 spiro atoms. The van der Waals surface area contributed by atoms with Gasteiger partial charge < -0.3 is 5.11 Å². The van der Waals surface area contributed by atoms with Crippen molar-refractivity contribution >= 4 is 22.3 Å². The molecule has 7 heteroatoms. The van der Waals surface area contributed by atoms with Gasteiger partial charge in [0.15, 0.2) is 0 Å². The van der Waals surface area contributed by atoms with Gasteiger partial charge in [0.25, 0.3) is 10.2 Å². The fourth-order valence-electron chi connectivity index (χ4n) is 1.85. The van der Waals surface area contributed by atoms with Crippen LogP contribution >= 0.6 is 0 Å². The maximum atomic E-state index is 11.9. The molecule has 1 atom stereocenters. The Morgan fingerprint density at radius 3 is 2.76 bits per heavy atom. The first kappa shape index (κ1) is 15.7. The zero-order chi connectivity index (χ0) is 15.5. The van der Waals surface area contributed by atoms with E-state index in [1.165, 1.54) is 6.08 Å². The number of hydrogen-bond donors (Lipinski definition) is 3. The summed E-state index contributed by atoms with van der Waals surface area (Å²) in [4.78, 5) is 10.5. The van der Waals surface area contributed by atoms with Crippen molar-refractivity contribution in [3.63, 3.8) is 0 Å². The van der Waals surface area contributed by atoms with Crippen molar-refractivity contribution in [2.45, 2.75) is 31.8 Å². The number of carboxylic acids is 1. The van der Waals surface area contributed by atoms with Gasteiger partial charge in [0, 0.05) is 18.2 Å². The van der Waals surface area contributed by atoms with Crippen LogP contribution in [0.2, 0.25) is 0 Å². The van der Waals surface area contributed by atoms with E-state index in [9.17, 15) is 13.2 Å². The highest BCUT2D eigenvalue weighted by Crippen LogP contribution is 2.21. The minimum Gasteiger partial charge on any atom is -0.478 e. The van der Waals surface area contributed by atoms with Crippen LogP contribution in [0.15, 0.2) is 30.3 Å². The molecule has 114 valence electrons. The maximum Gasteiger partial charge on any atom is 0.328 e. The number of aliphatic carboxylic acids is 1.